The zero-order valence-electron chi connectivity index (χ0n) is 9.84. The van der Waals surface area contributed by atoms with Gasteiger partial charge in [0, 0.05) is 19.4 Å². The largest absolute Gasteiger partial charge is 0.489 e. The number of hydrogen-bond acceptors (Lipinski definition) is 4. The van der Waals surface area contributed by atoms with Gasteiger partial charge < -0.3 is 9.84 Å². The first kappa shape index (κ1) is 11.4. The highest BCUT2D eigenvalue weighted by atomic mass is 16.5. The van der Waals surface area contributed by atoms with Gasteiger partial charge in [-0.05, 0) is 13.8 Å². The van der Waals surface area contributed by atoms with Gasteiger partial charge in [-0.15, -0.1) is 0 Å². The number of ether oxygens (including phenoxy) is 1. The number of carbonyl (C=O) groups is 1. The molecule has 0 aliphatic carbocycles. The number of carboxylic acids is 1. The molecule has 0 aliphatic heterocycles. The summed E-state index contributed by atoms with van der Waals surface area (Å²) in [6.07, 6.45) is 2.86. The van der Waals surface area contributed by atoms with E-state index in [1.807, 2.05) is 13.8 Å². The lowest BCUT2D eigenvalue weighted by molar-refractivity contribution is 0.0690. The third-order valence-corrected chi connectivity index (χ3v) is 2.20. The number of pyridine rings is 1. The van der Waals surface area contributed by atoms with Gasteiger partial charge in [-0.3, -0.25) is 4.68 Å². The van der Waals surface area contributed by atoms with Crippen molar-refractivity contribution in [1.29, 1.82) is 0 Å². The summed E-state index contributed by atoms with van der Waals surface area (Å²) in [6, 6.07) is 0. The summed E-state index contributed by atoms with van der Waals surface area (Å²) in [5.41, 5.74) is 0.535. The minimum Gasteiger partial charge on any atom is -0.489 e. The van der Waals surface area contributed by atoms with E-state index in [0.29, 0.717) is 16.8 Å². The standard InChI is InChI=1S/C11H13N3O3/c1-6(2)17-9-7(11(15)16)4-12-10-8(9)5-14(3)13-10/h4-6H,1-3H3,(H,15,16). The zero-order valence-corrected chi connectivity index (χ0v) is 9.84. The van der Waals surface area contributed by atoms with Crippen LogP contribution < -0.4 is 4.74 Å². The van der Waals surface area contributed by atoms with Crippen LogP contribution in [0.1, 0.15) is 24.2 Å². The Labute approximate surface area is 97.8 Å². The van der Waals surface area contributed by atoms with Gasteiger partial charge in [0.15, 0.2) is 5.65 Å². The molecule has 2 heterocycles. The van der Waals surface area contributed by atoms with Crippen LogP contribution in [0.3, 0.4) is 0 Å². The van der Waals surface area contributed by atoms with Crippen LogP contribution in [0.25, 0.3) is 11.0 Å². The highest BCUT2D eigenvalue weighted by Crippen LogP contribution is 2.28. The molecule has 2 rings (SSSR count). The van der Waals surface area contributed by atoms with E-state index in [0.717, 1.165) is 0 Å². The van der Waals surface area contributed by atoms with E-state index in [1.54, 1.807) is 17.9 Å². The second-order valence-corrected chi connectivity index (χ2v) is 4.01. The summed E-state index contributed by atoms with van der Waals surface area (Å²) in [5, 5.41) is 13.8. The van der Waals surface area contributed by atoms with E-state index in [2.05, 4.69) is 10.1 Å². The molecule has 0 aromatic carbocycles. The van der Waals surface area contributed by atoms with Gasteiger partial charge in [-0.1, -0.05) is 0 Å². The zero-order chi connectivity index (χ0) is 12.6. The van der Waals surface area contributed by atoms with Gasteiger partial charge in [0.25, 0.3) is 0 Å². The molecule has 0 bridgehead atoms. The van der Waals surface area contributed by atoms with E-state index in [9.17, 15) is 4.79 Å². The molecular formula is C11H13N3O3. The van der Waals surface area contributed by atoms with Crippen molar-refractivity contribution >= 4 is 17.0 Å². The predicted molar refractivity (Wildman–Crippen MR) is 61.2 cm³/mol. The molecule has 6 nitrogen and oxygen atoms in total. The number of aromatic carboxylic acids is 1. The minimum atomic E-state index is -1.06. The summed E-state index contributed by atoms with van der Waals surface area (Å²) in [6.45, 7) is 3.68. The molecule has 6 heteroatoms. The lowest BCUT2D eigenvalue weighted by Gasteiger charge is -2.12. The van der Waals surface area contributed by atoms with Crippen molar-refractivity contribution in [2.45, 2.75) is 20.0 Å². The first-order valence-electron chi connectivity index (χ1n) is 5.21. The second kappa shape index (κ2) is 4.04. The maximum atomic E-state index is 11.1. The molecule has 0 saturated heterocycles. The van der Waals surface area contributed by atoms with Crippen LogP contribution >= 0.6 is 0 Å². The average Bonchev–Trinajstić information content (AvgIpc) is 2.58. The molecule has 2 aromatic rings. The summed E-state index contributed by atoms with van der Waals surface area (Å²) < 4.78 is 7.14. The van der Waals surface area contributed by atoms with Crippen LogP contribution in [0, 0.1) is 0 Å². The number of hydrogen-bond donors (Lipinski definition) is 1. The van der Waals surface area contributed by atoms with Crippen LogP contribution in [0.15, 0.2) is 12.4 Å². The van der Waals surface area contributed by atoms with Gasteiger partial charge in [-0.2, -0.15) is 5.10 Å². The minimum absolute atomic E-state index is 0.0548. The molecule has 0 radical (unpaired) electrons. The van der Waals surface area contributed by atoms with Crippen molar-refractivity contribution in [2.24, 2.45) is 7.05 Å². The Morgan fingerprint density at radius 3 is 2.82 bits per heavy atom. The van der Waals surface area contributed by atoms with Crippen molar-refractivity contribution in [2.75, 3.05) is 0 Å². The van der Waals surface area contributed by atoms with Crippen molar-refractivity contribution in [1.82, 2.24) is 14.8 Å². The molecule has 0 amide bonds. The van der Waals surface area contributed by atoms with Gasteiger partial charge in [-0.25, -0.2) is 9.78 Å². The lowest BCUT2D eigenvalue weighted by atomic mass is 10.2. The lowest BCUT2D eigenvalue weighted by Crippen LogP contribution is -2.10. The fourth-order valence-electron chi connectivity index (χ4n) is 1.58. The Morgan fingerprint density at radius 1 is 1.53 bits per heavy atom. The summed E-state index contributed by atoms with van der Waals surface area (Å²) in [5.74, 6) is -0.732. The van der Waals surface area contributed by atoms with E-state index in [1.165, 1.54) is 6.20 Å². The molecule has 0 fully saturated rings. The topological polar surface area (TPSA) is 77.2 Å². The Morgan fingerprint density at radius 2 is 2.24 bits per heavy atom. The molecule has 90 valence electrons. The normalized spacial score (nSPS) is 11.1. The Balaban J connectivity index is 2.69. The van der Waals surface area contributed by atoms with Gasteiger partial charge in [0.1, 0.15) is 11.3 Å². The molecular weight excluding hydrogens is 222 g/mol. The number of fused-ring (bicyclic) bond motifs is 1. The SMILES string of the molecule is CC(C)Oc1c(C(=O)O)cnc2nn(C)cc12. The van der Waals surface area contributed by atoms with E-state index < -0.39 is 5.97 Å². The van der Waals surface area contributed by atoms with E-state index in [-0.39, 0.29) is 11.7 Å². The van der Waals surface area contributed by atoms with Crippen LogP contribution in [-0.2, 0) is 7.05 Å². The van der Waals surface area contributed by atoms with Crippen LogP contribution in [0.2, 0.25) is 0 Å². The van der Waals surface area contributed by atoms with Crippen LogP contribution in [0.4, 0.5) is 0 Å². The van der Waals surface area contributed by atoms with E-state index in [4.69, 9.17) is 9.84 Å². The molecule has 0 atom stereocenters. The number of carboxylic acid groups (broad SMARTS) is 1. The summed E-state index contributed by atoms with van der Waals surface area (Å²) in [7, 11) is 1.75. The maximum absolute atomic E-state index is 11.1. The first-order chi connectivity index (χ1) is 7.99. The molecule has 0 aliphatic rings. The Kier molecular flexibility index (Phi) is 2.71. The van der Waals surface area contributed by atoms with Gasteiger partial charge >= 0.3 is 5.97 Å². The number of rotatable bonds is 3. The highest BCUT2D eigenvalue weighted by molar-refractivity contribution is 5.97. The monoisotopic (exact) mass is 235 g/mol. The van der Waals surface area contributed by atoms with Crippen molar-refractivity contribution in [3.63, 3.8) is 0 Å². The summed E-state index contributed by atoms with van der Waals surface area (Å²) >= 11 is 0. The molecule has 0 unspecified atom stereocenters. The quantitative estimate of drug-likeness (QED) is 0.871. The van der Waals surface area contributed by atoms with Crippen LogP contribution in [0.5, 0.6) is 5.75 Å². The highest BCUT2D eigenvalue weighted by Gasteiger charge is 2.18. The molecule has 0 spiro atoms. The Hall–Kier alpha value is -2.11. The van der Waals surface area contributed by atoms with Gasteiger partial charge in [0.05, 0.1) is 11.5 Å². The van der Waals surface area contributed by atoms with Crippen molar-refractivity contribution in [3.05, 3.63) is 18.0 Å². The predicted octanol–water partition coefficient (Wildman–Crippen LogP) is 1.45. The first-order valence-corrected chi connectivity index (χ1v) is 5.21. The number of aryl methyl sites for hydroxylation is 1. The molecule has 17 heavy (non-hydrogen) atoms. The number of nitrogens with zero attached hydrogens (tertiary/aromatic N) is 3. The third kappa shape index (κ3) is 2.06. The van der Waals surface area contributed by atoms with E-state index >= 15 is 0 Å². The maximum Gasteiger partial charge on any atom is 0.341 e. The second-order valence-electron chi connectivity index (χ2n) is 4.01. The fourth-order valence-corrected chi connectivity index (χ4v) is 1.58. The number of aromatic nitrogens is 3. The average molecular weight is 235 g/mol. The van der Waals surface area contributed by atoms with Gasteiger partial charge in [0.2, 0.25) is 0 Å². The van der Waals surface area contributed by atoms with Crippen LogP contribution in [-0.4, -0.2) is 31.9 Å². The van der Waals surface area contributed by atoms with Crippen molar-refractivity contribution in [3.8, 4) is 5.75 Å². The smallest absolute Gasteiger partial charge is 0.341 e. The third-order valence-electron chi connectivity index (χ3n) is 2.20. The summed E-state index contributed by atoms with van der Waals surface area (Å²) in [4.78, 5) is 15.1. The molecule has 2 aromatic heterocycles. The fraction of sp³-hybridized carbons (Fsp3) is 0.364. The Bertz CT molecular complexity index is 575. The molecule has 0 saturated carbocycles. The molecule has 1 N–H and O–H groups in total. The van der Waals surface area contributed by atoms with Crippen molar-refractivity contribution < 1.29 is 14.6 Å².